The molecular formula is C20H18F2N2O3S. The van der Waals surface area contributed by atoms with Crippen molar-refractivity contribution in [2.75, 3.05) is 0 Å². The summed E-state index contributed by atoms with van der Waals surface area (Å²) in [5.41, 5.74) is 1.97. The molecule has 1 N–H and O–H groups in total. The fourth-order valence-electron chi connectivity index (χ4n) is 2.47. The fraction of sp³-hybridized carbons (Fsp3) is 0.200. The summed E-state index contributed by atoms with van der Waals surface area (Å²) in [6.07, 6.45) is 0. The first-order valence-electron chi connectivity index (χ1n) is 8.46. The van der Waals surface area contributed by atoms with Gasteiger partial charge in [0.15, 0.2) is 0 Å². The number of alkyl halides is 2. The minimum Gasteiger partial charge on any atom is -0.486 e. The van der Waals surface area contributed by atoms with Gasteiger partial charge >= 0.3 is 6.61 Å². The average Bonchev–Trinajstić information content (AvgIpc) is 3.10. The Bertz CT molecular complexity index is 929. The second kappa shape index (κ2) is 9.27. The van der Waals surface area contributed by atoms with Crippen molar-refractivity contribution in [2.45, 2.75) is 26.7 Å². The number of aryl methyl sites for hydroxylation is 1. The highest BCUT2D eigenvalue weighted by Crippen LogP contribution is 2.20. The molecule has 28 heavy (non-hydrogen) atoms. The van der Waals surface area contributed by atoms with Crippen molar-refractivity contribution in [3.63, 3.8) is 0 Å². The van der Waals surface area contributed by atoms with Crippen LogP contribution in [0.1, 0.15) is 26.6 Å². The van der Waals surface area contributed by atoms with E-state index in [1.165, 1.54) is 23.5 Å². The summed E-state index contributed by atoms with van der Waals surface area (Å²) in [4.78, 5) is 16.9. The Labute approximate surface area is 164 Å². The lowest BCUT2D eigenvalue weighted by Crippen LogP contribution is -2.23. The summed E-state index contributed by atoms with van der Waals surface area (Å²) in [7, 11) is 0. The lowest BCUT2D eigenvalue weighted by molar-refractivity contribution is -0.0498. The number of amides is 1. The van der Waals surface area contributed by atoms with Gasteiger partial charge < -0.3 is 14.8 Å². The maximum atomic E-state index is 12.5. The third-order valence-corrected chi connectivity index (χ3v) is 4.60. The molecule has 0 radical (unpaired) electrons. The number of hydrogen-bond acceptors (Lipinski definition) is 5. The molecule has 8 heteroatoms. The molecule has 0 unspecified atom stereocenters. The summed E-state index contributed by atoms with van der Waals surface area (Å²) in [6, 6.07) is 13.0. The number of carbonyl (C=O) groups is 1. The molecule has 0 saturated carbocycles. The monoisotopic (exact) mass is 404 g/mol. The van der Waals surface area contributed by atoms with Crippen molar-refractivity contribution in [3.8, 4) is 11.5 Å². The van der Waals surface area contributed by atoms with Gasteiger partial charge in [0.05, 0.1) is 16.3 Å². The normalized spacial score (nSPS) is 10.7. The molecule has 3 rings (SSSR count). The first-order valence-corrected chi connectivity index (χ1v) is 9.34. The standard InChI is InChI=1S/C20H18F2N2O3S/c1-13-24-15(12-28-13)11-26-18-5-3-2-4-17(18)19(25)23-10-14-6-8-16(9-7-14)27-20(21)22/h2-9,12,20H,10-11H2,1H3,(H,23,25). The smallest absolute Gasteiger partial charge is 0.387 e. The van der Waals surface area contributed by atoms with Crippen molar-refractivity contribution in [1.82, 2.24) is 10.3 Å². The molecule has 2 aromatic carbocycles. The fourth-order valence-corrected chi connectivity index (χ4v) is 3.07. The van der Waals surface area contributed by atoms with Crippen LogP contribution >= 0.6 is 11.3 Å². The lowest BCUT2D eigenvalue weighted by Gasteiger charge is -2.11. The van der Waals surface area contributed by atoms with Crippen LogP contribution in [0.25, 0.3) is 0 Å². The lowest BCUT2D eigenvalue weighted by atomic mass is 10.1. The average molecular weight is 404 g/mol. The van der Waals surface area contributed by atoms with Gasteiger partial charge in [-0.05, 0) is 36.8 Å². The van der Waals surface area contributed by atoms with Crippen molar-refractivity contribution in [3.05, 3.63) is 75.7 Å². The van der Waals surface area contributed by atoms with Crippen LogP contribution in [0.5, 0.6) is 11.5 Å². The van der Waals surface area contributed by atoms with Crippen LogP contribution in [0.2, 0.25) is 0 Å². The number of rotatable bonds is 8. The van der Waals surface area contributed by atoms with E-state index in [0.29, 0.717) is 11.3 Å². The van der Waals surface area contributed by atoms with Crippen molar-refractivity contribution in [2.24, 2.45) is 0 Å². The largest absolute Gasteiger partial charge is 0.486 e. The van der Waals surface area contributed by atoms with Gasteiger partial charge in [0.25, 0.3) is 5.91 Å². The molecule has 0 bridgehead atoms. The van der Waals surface area contributed by atoms with E-state index in [1.807, 2.05) is 12.3 Å². The van der Waals surface area contributed by atoms with Crippen LogP contribution in [0.4, 0.5) is 8.78 Å². The molecule has 0 spiro atoms. The van der Waals surface area contributed by atoms with Crippen molar-refractivity contribution in [1.29, 1.82) is 0 Å². The topological polar surface area (TPSA) is 60.5 Å². The number of benzene rings is 2. The molecule has 1 aromatic heterocycles. The highest BCUT2D eigenvalue weighted by atomic mass is 32.1. The summed E-state index contributed by atoms with van der Waals surface area (Å²) >= 11 is 1.54. The number of nitrogens with one attached hydrogen (secondary N) is 1. The molecule has 0 aliphatic heterocycles. The number of ether oxygens (including phenoxy) is 2. The zero-order valence-corrected chi connectivity index (χ0v) is 15.8. The number of aromatic nitrogens is 1. The summed E-state index contributed by atoms with van der Waals surface area (Å²) in [5.74, 6) is 0.241. The maximum Gasteiger partial charge on any atom is 0.387 e. The first kappa shape index (κ1) is 19.8. The Morgan fingerprint density at radius 2 is 1.93 bits per heavy atom. The van der Waals surface area contributed by atoms with Gasteiger partial charge in [0, 0.05) is 11.9 Å². The number of hydrogen-bond donors (Lipinski definition) is 1. The van der Waals surface area contributed by atoms with E-state index >= 15 is 0 Å². The predicted molar refractivity (Wildman–Crippen MR) is 102 cm³/mol. The Hall–Kier alpha value is -3.00. The molecule has 5 nitrogen and oxygen atoms in total. The number of nitrogens with zero attached hydrogens (tertiary/aromatic N) is 1. The van der Waals surface area contributed by atoms with Gasteiger partial charge in [-0.3, -0.25) is 4.79 Å². The Morgan fingerprint density at radius 1 is 1.18 bits per heavy atom. The molecule has 1 heterocycles. The Morgan fingerprint density at radius 3 is 2.61 bits per heavy atom. The minimum atomic E-state index is -2.87. The second-order valence-corrected chi connectivity index (χ2v) is 6.91. The molecule has 0 aliphatic rings. The molecule has 0 atom stereocenters. The summed E-state index contributed by atoms with van der Waals surface area (Å²) in [5, 5.41) is 5.67. The predicted octanol–water partition coefficient (Wildman–Crippen LogP) is 4.56. The third kappa shape index (κ3) is 5.50. The van der Waals surface area contributed by atoms with Gasteiger partial charge in [0.1, 0.15) is 18.1 Å². The van der Waals surface area contributed by atoms with Crippen LogP contribution in [0.3, 0.4) is 0 Å². The number of halogens is 2. The Balaban J connectivity index is 1.59. The molecule has 0 aliphatic carbocycles. The van der Waals surface area contributed by atoms with Gasteiger partial charge in [-0.1, -0.05) is 24.3 Å². The van der Waals surface area contributed by atoms with Crippen LogP contribution in [0, 0.1) is 6.92 Å². The molecule has 0 saturated heterocycles. The SMILES string of the molecule is Cc1nc(COc2ccccc2C(=O)NCc2ccc(OC(F)F)cc2)cs1. The van der Waals surface area contributed by atoms with Crippen molar-refractivity contribution >= 4 is 17.2 Å². The van der Waals surface area contributed by atoms with E-state index < -0.39 is 6.61 Å². The second-order valence-electron chi connectivity index (χ2n) is 5.85. The van der Waals surface area contributed by atoms with Gasteiger partial charge in [-0.25, -0.2) is 4.98 Å². The highest BCUT2D eigenvalue weighted by Gasteiger charge is 2.13. The first-order chi connectivity index (χ1) is 13.5. The Kier molecular flexibility index (Phi) is 6.54. The number of thiazole rings is 1. The van der Waals surface area contributed by atoms with E-state index in [-0.39, 0.29) is 24.8 Å². The summed E-state index contributed by atoms with van der Waals surface area (Å²) < 4.78 is 34.4. The molecule has 0 fully saturated rings. The van der Waals surface area contributed by atoms with E-state index in [1.54, 1.807) is 36.4 Å². The van der Waals surface area contributed by atoms with E-state index in [4.69, 9.17) is 4.74 Å². The van der Waals surface area contributed by atoms with Crippen molar-refractivity contribution < 1.29 is 23.0 Å². The van der Waals surface area contributed by atoms with Gasteiger partial charge in [-0.15, -0.1) is 11.3 Å². The van der Waals surface area contributed by atoms with E-state index in [0.717, 1.165) is 16.3 Å². The zero-order chi connectivity index (χ0) is 19.9. The van der Waals surface area contributed by atoms with Crippen LogP contribution < -0.4 is 14.8 Å². The highest BCUT2D eigenvalue weighted by molar-refractivity contribution is 7.09. The van der Waals surface area contributed by atoms with E-state index in [9.17, 15) is 13.6 Å². The van der Waals surface area contributed by atoms with E-state index in [2.05, 4.69) is 15.0 Å². The van der Waals surface area contributed by atoms with Gasteiger partial charge in [-0.2, -0.15) is 8.78 Å². The molecular weight excluding hydrogens is 386 g/mol. The van der Waals surface area contributed by atoms with Crippen LogP contribution in [-0.2, 0) is 13.2 Å². The van der Waals surface area contributed by atoms with Crippen LogP contribution in [-0.4, -0.2) is 17.5 Å². The number of carbonyl (C=O) groups excluding carboxylic acids is 1. The molecule has 146 valence electrons. The number of para-hydroxylation sites is 1. The van der Waals surface area contributed by atoms with Gasteiger partial charge in [0.2, 0.25) is 0 Å². The summed E-state index contributed by atoms with van der Waals surface area (Å²) in [6.45, 7) is -0.426. The van der Waals surface area contributed by atoms with Crippen LogP contribution in [0.15, 0.2) is 53.9 Å². The molecule has 1 amide bonds. The minimum absolute atomic E-state index is 0.0705. The zero-order valence-electron chi connectivity index (χ0n) is 15.0. The maximum absolute atomic E-state index is 12.5. The molecule has 3 aromatic rings. The quantitative estimate of drug-likeness (QED) is 0.598. The third-order valence-electron chi connectivity index (χ3n) is 3.78.